The van der Waals surface area contributed by atoms with Crippen LogP contribution in [0.4, 0.5) is 5.69 Å². The highest BCUT2D eigenvalue weighted by atomic mass is 16.5. The van der Waals surface area contributed by atoms with Crippen LogP contribution in [0.25, 0.3) is 0 Å². The number of hydrogen-bond donors (Lipinski definition) is 2. The minimum absolute atomic E-state index is 0.0132. The predicted molar refractivity (Wildman–Crippen MR) is 159 cm³/mol. The van der Waals surface area contributed by atoms with Gasteiger partial charge in [-0.1, -0.05) is 77.0 Å². The number of ether oxygens (including phenoxy) is 1. The lowest BCUT2D eigenvalue weighted by Gasteiger charge is -2.40. The van der Waals surface area contributed by atoms with E-state index in [2.05, 4.69) is 24.5 Å². The Morgan fingerprint density at radius 1 is 0.927 bits per heavy atom. The van der Waals surface area contributed by atoms with Crippen molar-refractivity contribution in [3.63, 3.8) is 0 Å². The molecule has 3 aliphatic heterocycles. The highest BCUT2D eigenvalue weighted by molar-refractivity contribution is 6.03. The molecule has 2 aliphatic carbocycles. The zero-order chi connectivity index (χ0) is 28.9. The molecule has 3 heterocycles. The van der Waals surface area contributed by atoms with E-state index in [1.54, 1.807) is 0 Å². The summed E-state index contributed by atoms with van der Waals surface area (Å²) in [6.07, 6.45) is 14.0. The number of nitrogens with zero attached hydrogens (tertiary/aromatic N) is 1. The molecule has 8 atom stereocenters. The molecule has 1 aromatic rings. The Morgan fingerprint density at radius 2 is 1.66 bits per heavy atom. The van der Waals surface area contributed by atoms with Gasteiger partial charge < -0.3 is 20.3 Å². The summed E-state index contributed by atoms with van der Waals surface area (Å²) in [5.41, 5.74) is 1.86. The van der Waals surface area contributed by atoms with Crippen molar-refractivity contribution in [2.75, 3.05) is 5.32 Å². The van der Waals surface area contributed by atoms with E-state index in [4.69, 9.17) is 4.74 Å². The number of aryl methyl sites for hydroxylation is 2. The smallest absolute Gasteiger partial charge is 0.246 e. The summed E-state index contributed by atoms with van der Waals surface area (Å²) in [6.45, 7) is 8.56. The van der Waals surface area contributed by atoms with Crippen molar-refractivity contribution in [2.45, 2.75) is 122 Å². The van der Waals surface area contributed by atoms with E-state index < -0.39 is 29.6 Å². The van der Waals surface area contributed by atoms with Crippen LogP contribution in [0.3, 0.4) is 0 Å². The van der Waals surface area contributed by atoms with Crippen molar-refractivity contribution in [1.82, 2.24) is 10.2 Å². The molecular weight excluding hydrogens is 514 g/mol. The van der Waals surface area contributed by atoms with Crippen molar-refractivity contribution < 1.29 is 19.1 Å². The number of amides is 3. The number of nitrogens with one attached hydrogen (secondary N) is 2. The summed E-state index contributed by atoms with van der Waals surface area (Å²) < 4.78 is 6.62. The van der Waals surface area contributed by atoms with Crippen LogP contribution in [0.1, 0.15) is 89.2 Å². The summed E-state index contributed by atoms with van der Waals surface area (Å²) in [7, 11) is 0. The van der Waals surface area contributed by atoms with Crippen LogP contribution in [-0.2, 0) is 19.1 Å². The van der Waals surface area contributed by atoms with E-state index in [0.29, 0.717) is 11.8 Å². The minimum atomic E-state index is -1.11. The second-order valence-electron chi connectivity index (χ2n) is 13.6. The van der Waals surface area contributed by atoms with Crippen LogP contribution in [0.2, 0.25) is 0 Å². The Morgan fingerprint density at radius 3 is 2.39 bits per heavy atom. The molecular formula is C34H47N3O4. The van der Waals surface area contributed by atoms with Crippen molar-refractivity contribution in [1.29, 1.82) is 0 Å². The maximum atomic E-state index is 14.5. The first-order chi connectivity index (χ1) is 19.7. The Kier molecular flexibility index (Phi) is 7.77. The second kappa shape index (κ2) is 11.2. The normalized spacial score (nSPS) is 37.0. The highest BCUT2D eigenvalue weighted by Gasteiger charge is 2.73. The van der Waals surface area contributed by atoms with Gasteiger partial charge in [-0.15, -0.1) is 0 Å². The van der Waals surface area contributed by atoms with Crippen LogP contribution in [0.15, 0.2) is 30.4 Å². The van der Waals surface area contributed by atoms with Gasteiger partial charge in [0.15, 0.2) is 0 Å². The highest BCUT2D eigenvalue weighted by Crippen LogP contribution is 2.56. The number of anilines is 1. The monoisotopic (exact) mass is 561 g/mol. The largest absolute Gasteiger partial charge is 0.359 e. The van der Waals surface area contributed by atoms with Crippen molar-refractivity contribution >= 4 is 23.4 Å². The van der Waals surface area contributed by atoms with E-state index in [1.165, 1.54) is 12.8 Å². The van der Waals surface area contributed by atoms with Gasteiger partial charge in [-0.25, -0.2) is 0 Å². The molecule has 5 aliphatic rings. The van der Waals surface area contributed by atoms with Crippen LogP contribution in [0, 0.1) is 37.5 Å². The van der Waals surface area contributed by atoms with Gasteiger partial charge in [-0.2, -0.15) is 0 Å². The van der Waals surface area contributed by atoms with Gasteiger partial charge in [-0.3, -0.25) is 14.4 Å². The summed E-state index contributed by atoms with van der Waals surface area (Å²) in [4.78, 5) is 44.6. The molecule has 2 saturated carbocycles. The van der Waals surface area contributed by atoms with Gasteiger partial charge >= 0.3 is 0 Å². The second-order valence-corrected chi connectivity index (χ2v) is 13.6. The molecule has 7 nitrogen and oxygen atoms in total. The van der Waals surface area contributed by atoms with E-state index in [0.717, 1.165) is 68.2 Å². The van der Waals surface area contributed by atoms with Crippen molar-refractivity contribution in [2.24, 2.45) is 23.7 Å². The first-order valence-electron chi connectivity index (χ1n) is 16.1. The van der Waals surface area contributed by atoms with Crippen LogP contribution in [-0.4, -0.2) is 52.5 Å². The molecule has 0 radical (unpaired) electrons. The van der Waals surface area contributed by atoms with E-state index in [1.807, 2.05) is 49.1 Å². The topological polar surface area (TPSA) is 87.7 Å². The summed E-state index contributed by atoms with van der Waals surface area (Å²) in [6, 6.07) is 5.18. The zero-order valence-corrected chi connectivity index (χ0v) is 25.2. The molecule has 1 spiro atoms. The summed E-state index contributed by atoms with van der Waals surface area (Å²) in [5.74, 6) is -0.868. The quantitative estimate of drug-likeness (QED) is 0.468. The van der Waals surface area contributed by atoms with Gasteiger partial charge in [0.2, 0.25) is 17.7 Å². The lowest BCUT2D eigenvalue weighted by atomic mass is 9.73. The first kappa shape index (κ1) is 28.4. The van der Waals surface area contributed by atoms with E-state index in [-0.39, 0.29) is 29.8 Å². The average Bonchev–Trinajstić information content (AvgIpc) is 3.56. The molecule has 0 unspecified atom stereocenters. The molecule has 4 fully saturated rings. The maximum Gasteiger partial charge on any atom is 0.246 e. The predicted octanol–water partition coefficient (Wildman–Crippen LogP) is 5.45. The lowest BCUT2D eigenvalue weighted by Crippen LogP contribution is -2.59. The van der Waals surface area contributed by atoms with Crippen molar-refractivity contribution in [3.05, 3.63) is 41.5 Å². The minimum Gasteiger partial charge on any atom is -0.359 e. The van der Waals surface area contributed by atoms with E-state index >= 15 is 0 Å². The number of rotatable bonds is 5. The van der Waals surface area contributed by atoms with Gasteiger partial charge in [0.1, 0.15) is 11.6 Å². The molecule has 0 aromatic heterocycles. The number of hydrogen-bond acceptors (Lipinski definition) is 4. The summed E-state index contributed by atoms with van der Waals surface area (Å²) in [5, 5.41) is 6.47. The van der Waals surface area contributed by atoms with Gasteiger partial charge in [0.05, 0.1) is 17.9 Å². The molecule has 41 heavy (non-hydrogen) atoms. The Bertz CT molecular complexity index is 1220. The molecule has 3 amide bonds. The Labute approximate surface area is 244 Å². The molecule has 1 aromatic carbocycles. The van der Waals surface area contributed by atoms with Crippen LogP contribution >= 0.6 is 0 Å². The Balaban J connectivity index is 1.32. The molecule has 2 bridgehead atoms. The number of benzene rings is 1. The molecule has 2 saturated heterocycles. The number of likely N-dealkylation sites (tertiary alicyclic amines) is 1. The fraction of sp³-hybridized carbons (Fsp3) is 0.676. The van der Waals surface area contributed by atoms with Crippen LogP contribution in [0.5, 0.6) is 0 Å². The lowest BCUT2D eigenvalue weighted by molar-refractivity contribution is -0.144. The molecule has 222 valence electrons. The third kappa shape index (κ3) is 4.92. The average molecular weight is 562 g/mol. The first-order valence-corrected chi connectivity index (χ1v) is 16.1. The van der Waals surface area contributed by atoms with Gasteiger partial charge in [0.25, 0.3) is 0 Å². The molecule has 7 heteroatoms. The third-order valence-corrected chi connectivity index (χ3v) is 11.1. The van der Waals surface area contributed by atoms with E-state index in [9.17, 15) is 14.4 Å². The van der Waals surface area contributed by atoms with Gasteiger partial charge in [-0.05, 0) is 68.2 Å². The third-order valence-electron chi connectivity index (χ3n) is 11.1. The Hall–Kier alpha value is -2.67. The number of carbonyl (C=O) groups is 3. The number of fused-ring (bicyclic) bond motifs is 1. The fourth-order valence-corrected chi connectivity index (χ4v) is 8.40. The number of carbonyl (C=O) groups excluding carboxylic acids is 3. The molecule has 6 rings (SSSR count). The van der Waals surface area contributed by atoms with Crippen LogP contribution < -0.4 is 10.6 Å². The molecule has 2 N–H and O–H groups in total. The van der Waals surface area contributed by atoms with Crippen molar-refractivity contribution in [3.8, 4) is 0 Å². The maximum absolute atomic E-state index is 14.5. The zero-order valence-electron chi connectivity index (χ0n) is 25.2. The standard InChI is InChI=1S/C34H47N3O4/c1-20-15-16-24(19-22(20)3)35-31(38)28-27-17-18-34(41-27)29(28)33(40)37(25-12-8-6-5-7-9-13-25)30(34)32(39)36-26-14-10-11-21(2)23(26)4/h15-19,21,23,25-30H,5-14H2,1-4H3,(H,35,38)(H,36,39)/t21-,23+,26-,27+,28-,29+,30+,34+/m1/s1. The van der Waals surface area contributed by atoms with Gasteiger partial charge in [0, 0.05) is 17.8 Å². The fourth-order valence-electron chi connectivity index (χ4n) is 8.40. The summed E-state index contributed by atoms with van der Waals surface area (Å²) >= 11 is 0. The SMILES string of the molecule is Cc1ccc(NC(=O)[C@@H]2[C@@H]3C=C[C@]4(O3)[C@@H]2C(=O)N(C2CCCCCCC2)[C@H]4C(=O)N[C@@H]2CCC[C@@H](C)[C@@H]2C)cc1C.